The zero-order chi connectivity index (χ0) is 23.2. The minimum atomic E-state index is -0.424. The Morgan fingerprint density at radius 2 is 1.76 bits per heavy atom. The number of hydrogen-bond acceptors (Lipinski definition) is 5. The first kappa shape index (κ1) is 22.0. The molecule has 1 N–H and O–H groups in total. The molecule has 3 aromatic carbocycles. The van der Waals surface area contributed by atoms with Crippen LogP contribution in [-0.4, -0.2) is 22.7 Å². The van der Waals surface area contributed by atoms with E-state index in [0.717, 1.165) is 17.3 Å². The summed E-state index contributed by atoms with van der Waals surface area (Å²) in [5.41, 5.74) is 2.23. The Bertz CT molecular complexity index is 1300. The van der Waals surface area contributed by atoms with E-state index in [9.17, 15) is 19.2 Å². The van der Waals surface area contributed by atoms with Crippen molar-refractivity contribution in [1.82, 2.24) is 0 Å². The molecule has 0 radical (unpaired) electrons. The Labute approximate surface area is 194 Å². The van der Waals surface area contributed by atoms with Gasteiger partial charge in [-0.1, -0.05) is 54.2 Å². The Morgan fingerprint density at radius 3 is 2.48 bits per heavy atom. The van der Waals surface area contributed by atoms with Gasteiger partial charge in [-0.2, -0.15) is 5.26 Å². The van der Waals surface area contributed by atoms with Gasteiger partial charge in [-0.3, -0.25) is 14.5 Å². The van der Waals surface area contributed by atoms with Crippen LogP contribution >= 0.6 is 11.8 Å². The van der Waals surface area contributed by atoms with Crippen molar-refractivity contribution in [1.29, 1.82) is 5.26 Å². The van der Waals surface area contributed by atoms with Crippen LogP contribution in [0.2, 0.25) is 0 Å². The van der Waals surface area contributed by atoms with E-state index in [2.05, 4.69) is 10.3 Å². The molecule has 0 saturated carbocycles. The van der Waals surface area contributed by atoms with Crippen LogP contribution in [0.1, 0.15) is 11.1 Å². The van der Waals surface area contributed by atoms with Crippen molar-refractivity contribution in [2.75, 3.05) is 16.0 Å². The Kier molecular flexibility index (Phi) is 6.62. The smallest absolute Gasteiger partial charge is 0.283 e. The number of para-hydroxylation sites is 1. The van der Waals surface area contributed by atoms with Crippen LogP contribution in [0, 0.1) is 17.1 Å². The van der Waals surface area contributed by atoms with Crippen molar-refractivity contribution in [3.05, 3.63) is 102 Å². The number of thioether (sulfide) groups is 1. The van der Waals surface area contributed by atoms with E-state index in [4.69, 9.17) is 0 Å². The highest BCUT2D eigenvalue weighted by atomic mass is 32.2. The molecule has 0 aliphatic carbocycles. The number of halogens is 1. The first-order chi connectivity index (χ1) is 16.0. The minimum Gasteiger partial charge on any atom is -0.324 e. The van der Waals surface area contributed by atoms with Gasteiger partial charge in [0.25, 0.3) is 5.91 Å². The predicted molar refractivity (Wildman–Crippen MR) is 128 cm³/mol. The monoisotopic (exact) mass is 456 g/mol. The van der Waals surface area contributed by atoms with Crippen LogP contribution in [0.25, 0.3) is 6.08 Å². The minimum absolute atomic E-state index is 0.0395. The van der Waals surface area contributed by atoms with Crippen LogP contribution < -0.4 is 10.2 Å². The normalized spacial score (nSPS) is 14.2. The largest absolute Gasteiger partial charge is 0.324 e. The topological polar surface area (TPSA) is 85.6 Å². The van der Waals surface area contributed by atoms with Crippen molar-refractivity contribution in [3.63, 3.8) is 0 Å². The molecule has 8 heteroatoms. The van der Waals surface area contributed by atoms with E-state index in [0.29, 0.717) is 22.1 Å². The second kappa shape index (κ2) is 9.94. The Morgan fingerprint density at radius 1 is 1.06 bits per heavy atom. The van der Waals surface area contributed by atoms with Crippen molar-refractivity contribution < 1.29 is 14.0 Å². The molecule has 33 heavy (non-hydrogen) atoms. The number of carbonyl (C=O) groups excluding carboxylic acids is 2. The summed E-state index contributed by atoms with van der Waals surface area (Å²) in [5.74, 6) is -1.19. The van der Waals surface area contributed by atoms with Gasteiger partial charge >= 0.3 is 0 Å². The quantitative estimate of drug-likeness (QED) is 0.558. The van der Waals surface area contributed by atoms with Crippen LogP contribution in [-0.2, 0) is 9.59 Å². The lowest BCUT2D eigenvalue weighted by Gasteiger charge is -2.17. The summed E-state index contributed by atoms with van der Waals surface area (Å²) < 4.78 is 13.4. The van der Waals surface area contributed by atoms with E-state index in [1.165, 1.54) is 29.2 Å². The molecule has 0 bridgehead atoms. The zero-order valence-corrected chi connectivity index (χ0v) is 18.1. The number of aliphatic imine (C=N–C) groups is 1. The van der Waals surface area contributed by atoms with Crippen LogP contribution in [0.15, 0.2) is 89.6 Å². The molecule has 6 nitrogen and oxygen atoms in total. The molecule has 4 rings (SSSR count). The summed E-state index contributed by atoms with van der Waals surface area (Å²) in [6.07, 6.45) is 1.66. The number of amides is 2. The highest BCUT2D eigenvalue weighted by Gasteiger charge is 2.32. The number of carbonyl (C=O) groups is 2. The lowest BCUT2D eigenvalue weighted by molar-refractivity contribution is -0.114. The van der Waals surface area contributed by atoms with Crippen molar-refractivity contribution in [3.8, 4) is 6.07 Å². The number of nitrogens with zero attached hydrogens (tertiary/aromatic N) is 3. The van der Waals surface area contributed by atoms with Gasteiger partial charge < -0.3 is 5.32 Å². The van der Waals surface area contributed by atoms with Gasteiger partial charge in [0.05, 0.1) is 22.7 Å². The molecular formula is C25H17FN4O2S. The van der Waals surface area contributed by atoms with Crippen LogP contribution in [0.3, 0.4) is 0 Å². The second-order valence-corrected chi connectivity index (χ2v) is 7.89. The fourth-order valence-electron chi connectivity index (χ4n) is 3.12. The summed E-state index contributed by atoms with van der Waals surface area (Å²) in [4.78, 5) is 31.4. The summed E-state index contributed by atoms with van der Waals surface area (Å²) in [7, 11) is 0. The highest BCUT2D eigenvalue weighted by molar-refractivity contribution is 8.14. The number of nitriles is 1. The highest BCUT2D eigenvalue weighted by Crippen LogP contribution is 2.29. The van der Waals surface area contributed by atoms with Gasteiger partial charge in [-0.05, 0) is 48.0 Å². The molecule has 0 aromatic heterocycles. The average Bonchev–Trinajstić information content (AvgIpc) is 3.14. The molecule has 162 valence electrons. The van der Waals surface area contributed by atoms with Crippen molar-refractivity contribution >= 4 is 46.2 Å². The first-order valence-electron chi connectivity index (χ1n) is 9.92. The lowest BCUT2D eigenvalue weighted by Crippen LogP contribution is -2.31. The summed E-state index contributed by atoms with van der Waals surface area (Å²) in [5, 5.41) is 12.2. The summed E-state index contributed by atoms with van der Waals surface area (Å²) in [6, 6.07) is 23.5. The molecule has 0 saturated heterocycles. The number of anilines is 2. The molecule has 0 atom stereocenters. The average molecular weight is 457 g/mol. The number of rotatable bonds is 5. The molecule has 1 aliphatic heterocycles. The van der Waals surface area contributed by atoms with Gasteiger partial charge in [-0.15, -0.1) is 0 Å². The summed E-state index contributed by atoms with van der Waals surface area (Å²) >= 11 is 1.08. The molecule has 0 spiro atoms. The third-order valence-corrected chi connectivity index (χ3v) is 5.61. The number of amidine groups is 1. The maximum absolute atomic E-state index is 13.4. The third kappa shape index (κ3) is 5.17. The standard InChI is InChI=1S/C25H17FN4O2S/c26-19-10-12-20(13-11-19)30-24(32)22(14-17-6-2-1-3-7-17)29-25(30)33-16-23(31)28-21-9-5-4-8-18(21)15-27/h1-14H,16H2,(H,28,31). The summed E-state index contributed by atoms with van der Waals surface area (Å²) in [6.45, 7) is 0. The molecule has 3 aromatic rings. The van der Waals surface area contributed by atoms with Gasteiger partial charge in [0.1, 0.15) is 17.6 Å². The van der Waals surface area contributed by atoms with Crippen molar-refractivity contribution in [2.24, 2.45) is 4.99 Å². The third-order valence-electron chi connectivity index (χ3n) is 4.67. The van der Waals surface area contributed by atoms with Crippen molar-refractivity contribution in [2.45, 2.75) is 0 Å². The fourth-order valence-corrected chi connectivity index (χ4v) is 3.94. The van der Waals surface area contributed by atoms with E-state index < -0.39 is 5.82 Å². The second-order valence-electron chi connectivity index (χ2n) is 6.95. The molecule has 2 amide bonds. The zero-order valence-electron chi connectivity index (χ0n) is 17.2. The van der Waals surface area contributed by atoms with Crippen LogP contribution in [0.4, 0.5) is 15.8 Å². The van der Waals surface area contributed by atoms with Gasteiger partial charge in [0.15, 0.2) is 5.17 Å². The van der Waals surface area contributed by atoms with Gasteiger partial charge in [0.2, 0.25) is 5.91 Å². The SMILES string of the molecule is N#Cc1ccccc1NC(=O)CSC1=NC(=Cc2ccccc2)C(=O)N1c1ccc(F)cc1. The number of benzene rings is 3. The lowest BCUT2D eigenvalue weighted by atomic mass is 10.2. The first-order valence-corrected chi connectivity index (χ1v) is 10.9. The maximum Gasteiger partial charge on any atom is 0.283 e. The van der Waals surface area contributed by atoms with E-state index in [1.54, 1.807) is 30.3 Å². The Hall–Kier alpha value is -4.22. The Balaban J connectivity index is 1.57. The van der Waals surface area contributed by atoms with E-state index in [1.807, 2.05) is 36.4 Å². The van der Waals surface area contributed by atoms with Gasteiger partial charge in [0, 0.05) is 0 Å². The van der Waals surface area contributed by atoms with Gasteiger partial charge in [-0.25, -0.2) is 9.38 Å². The molecule has 1 aliphatic rings. The number of nitrogens with one attached hydrogen (secondary N) is 1. The fraction of sp³-hybridized carbons (Fsp3) is 0.0400. The molecule has 0 fully saturated rings. The van der Waals surface area contributed by atoms with E-state index in [-0.39, 0.29) is 23.3 Å². The number of hydrogen-bond donors (Lipinski definition) is 1. The molecular weight excluding hydrogens is 439 g/mol. The molecule has 1 heterocycles. The maximum atomic E-state index is 13.4. The van der Waals surface area contributed by atoms with E-state index >= 15 is 0 Å². The van der Waals surface area contributed by atoms with Crippen LogP contribution in [0.5, 0.6) is 0 Å². The molecule has 0 unspecified atom stereocenters. The predicted octanol–water partition coefficient (Wildman–Crippen LogP) is 4.81.